The molecule has 0 amide bonds. The zero-order valence-electron chi connectivity index (χ0n) is 16.1. The summed E-state index contributed by atoms with van der Waals surface area (Å²) in [7, 11) is 0. The lowest BCUT2D eigenvalue weighted by Crippen LogP contribution is -2.20. The van der Waals surface area contributed by atoms with Crippen molar-refractivity contribution >= 4 is 16.5 Å². The van der Waals surface area contributed by atoms with E-state index in [1.54, 1.807) is 12.1 Å². The SMILES string of the molecule is CC(C)(C)CNc1ccc(C(F)(F)F)cc1C(O)c1cccc2ccccc12. The Balaban J connectivity index is 2.11. The zero-order chi connectivity index (χ0) is 20.5. The van der Waals surface area contributed by atoms with Crippen LogP contribution in [0.1, 0.15) is 43.6 Å². The van der Waals surface area contributed by atoms with E-state index >= 15 is 0 Å². The van der Waals surface area contributed by atoms with Crippen molar-refractivity contribution in [2.75, 3.05) is 11.9 Å². The summed E-state index contributed by atoms with van der Waals surface area (Å²) in [5.41, 5.74) is 0.461. The van der Waals surface area contributed by atoms with E-state index in [-0.39, 0.29) is 11.0 Å². The number of benzene rings is 3. The molecule has 0 aliphatic carbocycles. The first-order valence-electron chi connectivity index (χ1n) is 9.17. The molecule has 1 unspecified atom stereocenters. The van der Waals surface area contributed by atoms with Gasteiger partial charge in [-0.05, 0) is 39.9 Å². The zero-order valence-corrected chi connectivity index (χ0v) is 16.1. The summed E-state index contributed by atoms with van der Waals surface area (Å²) < 4.78 is 39.9. The number of hydrogen-bond acceptors (Lipinski definition) is 2. The van der Waals surface area contributed by atoms with Crippen LogP contribution >= 0.6 is 0 Å². The molecule has 0 bridgehead atoms. The molecule has 0 radical (unpaired) electrons. The normalized spacial score (nSPS) is 13.5. The highest BCUT2D eigenvalue weighted by molar-refractivity contribution is 5.86. The average molecular weight is 387 g/mol. The molecule has 148 valence electrons. The molecule has 0 aliphatic heterocycles. The largest absolute Gasteiger partial charge is 0.416 e. The van der Waals surface area contributed by atoms with Gasteiger partial charge in [-0.15, -0.1) is 0 Å². The Morgan fingerprint density at radius 3 is 2.25 bits per heavy atom. The first kappa shape index (κ1) is 20.2. The fraction of sp³-hybridized carbons (Fsp3) is 0.304. The molecule has 2 nitrogen and oxygen atoms in total. The minimum atomic E-state index is -4.48. The van der Waals surface area contributed by atoms with Crippen molar-refractivity contribution in [1.82, 2.24) is 0 Å². The fourth-order valence-electron chi connectivity index (χ4n) is 3.14. The average Bonchev–Trinajstić information content (AvgIpc) is 2.64. The predicted octanol–water partition coefficient (Wildman–Crippen LogP) is 6.40. The third kappa shape index (κ3) is 4.47. The van der Waals surface area contributed by atoms with E-state index in [1.807, 2.05) is 51.1 Å². The Kier molecular flexibility index (Phi) is 5.39. The first-order valence-corrected chi connectivity index (χ1v) is 9.17. The maximum Gasteiger partial charge on any atom is 0.416 e. The Morgan fingerprint density at radius 1 is 0.893 bits per heavy atom. The molecule has 28 heavy (non-hydrogen) atoms. The molecule has 3 rings (SSSR count). The summed E-state index contributed by atoms with van der Waals surface area (Å²) in [6, 6.07) is 16.5. The third-order valence-corrected chi connectivity index (χ3v) is 4.60. The van der Waals surface area contributed by atoms with Crippen molar-refractivity contribution in [3.8, 4) is 0 Å². The lowest BCUT2D eigenvalue weighted by atomic mass is 9.92. The van der Waals surface area contributed by atoms with Gasteiger partial charge in [0.1, 0.15) is 6.10 Å². The molecule has 0 heterocycles. The van der Waals surface area contributed by atoms with Crippen LogP contribution in [0, 0.1) is 5.41 Å². The van der Waals surface area contributed by atoms with Crippen LogP contribution in [-0.2, 0) is 6.18 Å². The topological polar surface area (TPSA) is 32.3 Å². The van der Waals surface area contributed by atoms with Gasteiger partial charge >= 0.3 is 6.18 Å². The monoisotopic (exact) mass is 387 g/mol. The molecule has 0 spiro atoms. The van der Waals surface area contributed by atoms with Crippen molar-refractivity contribution in [3.63, 3.8) is 0 Å². The quantitative estimate of drug-likeness (QED) is 0.543. The van der Waals surface area contributed by atoms with E-state index in [9.17, 15) is 18.3 Å². The van der Waals surface area contributed by atoms with Gasteiger partial charge in [0, 0.05) is 17.8 Å². The van der Waals surface area contributed by atoms with Crippen molar-refractivity contribution in [2.45, 2.75) is 33.1 Å². The molecule has 1 atom stereocenters. The summed E-state index contributed by atoms with van der Waals surface area (Å²) in [6.45, 7) is 6.66. The van der Waals surface area contributed by atoms with Crippen LogP contribution in [0.4, 0.5) is 18.9 Å². The Bertz CT molecular complexity index is 968. The van der Waals surface area contributed by atoms with Gasteiger partial charge in [-0.3, -0.25) is 0 Å². The second-order valence-electron chi connectivity index (χ2n) is 8.18. The predicted molar refractivity (Wildman–Crippen MR) is 107 cm³/mol. The summed E-state index contributed by atoms with van der Waals surface area (Å²) in [5.74, 6) is 0. The molecule has 0 fully saturated rings. The second kappa shape index (κ2) is 7.47. The molecule has 0 saturated heterocycles. The number of rotatable bonds is 4. The number of aliphatic hydroxyl groups excluding tert-OH is 1. The smallest absolute Gasteiger partial charge is 0.384 e. The highest BCUT2D eigenvalue weighted by atomic mass is 19.4. The first-order chi connectivity index (χ1) is 13.1. The number of halogens is 3. The number of alkyl halides is 3. The molecule has 0 aliphatic rings. The number of nitrogens with one attached hydrogen (secondary N) is 1. The standard InChI is InChI=1S/C23H24F3NO/c1-22(2,3)14-27-20-12-11-16(23(24,25)26)13-19(20)21(28)18-10-6-8-15-7-4-5-9-17(15)18/h4-13,21,27-28H,14H2,1-3H3. The highest BCUT2D eigenvalue weighted by Crippen LogP contribution is 2.37. The Morgan fingerprint density at radius 2 is 1.57 bits per heavy atom. The van der Waals surface area contributed by atoms with Crippen molar-refractivity contribution < 1.29 is 18.3 Å². The molecule has 3 aromatic rings. The number of hydrogen-bond donors (Lipinski definition) is 2. The summed E-state index contributed by atoms with van der Waals surface area (Å²) in [5, 5.41) is 16.0. The molecule has 2 N–H and O–H groups in total. The third-order valence-electron chi connectivity index (χ3n) is 4.60. The van der Waals surface area contributed by atoms with Gasteiger partial charge < -0.3 is 10.4 Å². The lowest BCUT2D eigenvalue weighted by molar-refractivity contribution is -0.137. The molecule has 3 aromatic carbocycles. The van der Waals surface area contributed by atoms with E-state index in [2.05, 4.69) is 5.32 Å². The van der Waals surface area contributed by atoms with Crippen LogP contribution in [0.2, 0.25) is 0 Å². The Hall–Kier alpha value is -2.53. The highest BCUT2D eigenvalue weighted by Gasteiger charge is 2.32. The van der Waals surface area contributed by atoms with Gasteiger partial charge in [0.15, 0.2) is 0 Å². The van der Waals surface area contributed by atoms with Gasteiger partial charge in [-0.2, -0.15) is 13.2 Å². The lowest BCUT2D eigenvalue weighted by Gasteiger charge is -2.24. The number of fused-ring (bicyclic) bond motifs is 1. The van der Waals surface area contributed by atoms with Crippen molar-refractivity contribution in [1.29, 1.82) is 0 Å². The van der Waals surface area contributed by atoms with Crippen LogP contribution in [-0.4, -0.2) is 11.7 Å². The molecule has 5 heteroatoms. The van der Waals surface area contributed by atoms with Gasteiger partial charge in [-0.1, -0.05) is 63.2 Å². The van der Waals surface area contributed by atoms with Gasteiger partial charge in [0.2, 0.25) is 0 Å². The van der Waals surface area contributed by atoms with Gasteiger partial charge in [-0.25, -0.2) is 0 Å². The van der Waals surface area contributed by atoms with Crippen LogP contribution in [0.25, 0.3) is 10.8 Å². The fourth-order valence-corrected chi connectivity index (χ4v) is 3.14. The molecule has 0 aromatic heterocycles. The second-order valence-corrected chi connectivity index (χ2v) is 8.18. The van der Waals surface area contributed by atoms with E-state index in [0.29, 0.717) is 17.8 Å². The van der Waals surface area contributed by atoms with E-state index in [0.717, 1.165) is 22.9 Å². The number of anilines is 1. The molecule has 0 saturated carbocycles. The minimum Gasteiger partial charge on any atom is -0.384 e. The molecular formula is C23H24F3NO. The van der Waals surface area contributed by atoms with E-state index < -0.39 is 17.8 Å². The summed E-state index contributed by atoms with van der Waals surface area (Å²) >= 11 is 0. The van der Waals surface area contributed by atoms with Gasteiger partial charge in [0.05, 0.1) is 5.56 Å². The van der Waals surface area contributed by atoms with Crippen LogP contribution in [0.5, 0.6) is 0 Å². The molecular weight excluding hydrogens is 363 g/mol. The summed E-state index contributed by atoms with van der Waals surface area (Å²) in [4.78, 5) is 0. The Labute approximate surface area is 163 Å². The van der Waals surface area contributed by atoms with Gasteiger partial charge in [0.25, 0.3) is 0 Å². The van der Waals surface area contributed by atoms with E-state index in [1.165, 1.54) is 6.07 Å². The van der Waals surface area contributed by atoms with Crippen LogP contribution in [0.3, 0.4) is 0 Å². The number of aliphatic hydroxyl groups is 1. The maximum absolute atomic E-state index is 13.3. The minimum absolute atomic E-state index is 0.0651. The van der Waals surface area contributed by atoms with Crippen LogP contribution in [0.15, 0.2) is 60.7 Å². The van der Waals surface area contributed by atoms with Crippen molar-refractivity contribution in [2.24, 2.45) is 5.41 Å². The van der Waals surface area contributed by atoms with Crippen molar-refractivity contribution in [3.05, 3.63) is 77.4 Å². The summed E-state index contributed by atoms with van der Waals surface area (Å²) in [6.07, 6.45) is -5.66. The maximum atomic E-state index is 13.3. The van der Waals surface area contributed by atoms with Crippen LogP contribution < -0.4 is 5.32 Å². The van der Waals surface area contributed by atoms with E-state index in [4.69, 9.17) is 0 Å².